The van der Waals surface area contributed by atoms with Gasteiger partial charge >= 0.3 is 5.97 Å². The van der Waals surface area contributed by atoms with Gasteiger partial charge in [0.1, 0.15) is 10.7 Å². The molecule has 0 saturated carbocycles. The van der Waals surface area contributed by atoms with E-state index in [1.165, 1.54) is 11.4 Å². The van der Waals surface area contributed by atoms with Crippen LogP contribution in [0.2, 0.25) is 5.02 Å². The molecule has 2 atom stereocenters. The molecule has 0 aliphatic carbocycles. The minimum absolute atomic E-state index is 0.0316. The van der Waals surface area contributed by atoms with Crippen LogP contribution < -0.4 is 0 Å². The Morgan fingerprint density at radius 1 is 1.43 bits per heavy atom. The molecule has 1 fully saturated rings. The maximum Gasteiger partial charge on any atom is 0.310 e. The van der Waals surface area contributed by atoms with Crippen molar-refractivity contribution in [1.29, 1.82) is 0 Å². The van der Waals surface area contributed by atoms with E-state index in [-0.39, 0.29) is 28.9 Å². The Morgan fingerprint density at radius 2 is 2.10 bits per heavy atom. The molecule has 0 bridgehead atoms. The van der Waals surface area contributed by atoms with Crippen LogP contribution in [-0.4, -0.2) is 38.9 Å². The molecule has 1 aliphatic heterocycles. The van der Waals surface area contributed by atoms with Crippen molar-refractivity contribution in [2.75, 3.05) is 20.2 Å². The van der Waals surface area contributed by atoms with E-state index in [0.29, 0.717) is 0 Å². The summed E-state index contributed by atoms with van der Waals surface area (Å²) >= 11 is 5.82. The predicted molar refractivity (Wildman–Crippen MR) is 74.8 cm³/mol. The summed E-state index contributed by atoms with van der Waals surface area (Å²) in [6, 6.07) is 3.12. The first-order valence-corrected chi connectivity index (χ1v) is 8.12. The van der Waals surface area contributed by atoms with Gasteiger partial charge in [-0.2, -0.15) is 4.31 Å². The van der Waals surface area contributed by atoms with Gasteiger partial charge in [0.2, 0.25) is 10.0 Å². The smallest absolute Gasteiger partial charge is 0.310 e. The Labute approximate surface area is 127 Å². The third-order valence-corrected chi connectivity index (χ3v) is 5.91. The number of rotatable bonds is 3. The Bertz CT molecular complexity index is 664. The summed E-state index contributed by atoms with van der Waals surface area (Å²) in [6.07, 6.45) is 0. The van der Waals surface area contributed by atoms with Crippen LogP contribution >= 0.6 is 11.6 Å². The number of methoxy groups -OCH3 is 1. The molecular formula is C13H15ClFNO4S. The van der Waals surface area contributed by atoms with Crippen LogP contribution in [0.5, 0.6) is 0 Å². The molecule has 0 amide bonds. The molecule has 0 radical (unpaired) electrons. The second kappa shape index (κ2) is 5.90. The van der Waals surface area contributed by atoms with E-state index in [1.807, 2.05) is 0 Å². The number of hydrogen-bond acceptors (Lipinski definition) is 4. The van der Waals surface area contributed by atoms with Gasteiger partial charge in [0, 0.05) is 13.1 Å². The van der Waals surface area contributed by atoms with Gasteiger partial charge in [-0.15, -0.1) is 0 Å². The van der Waals surface area contributed by atoms with E-state index in [1.54, 1.807) is 6.92 Å². The maximum absolute atomic E-state index is 13.0. The third-order valence-electron chi connectivity index (χ3n) is 3.59. The lowest BCUT2D eigenvalue weighted by Crippen LogP contribution is -2.30. The molecule has 21 heavy (non-hydrogen) atoms. The van der Waals surface area contributed by atoms with Crippen molar-refractivity contribution < 1.29 is 22.3 Å². The lowest BCUT2D eigenvalue weighted by atomic mass is 9.99. The van der Waals surface area contributed by atoms with Crippen LogP contribution in [0.1, 0.15) is 6.92 Å². The highest BCUT2D eigenvalue weighted by molar-refractivity contribution is 7.89. The van der Waals surface area contributed by atoms with Crippen molar-refractivity contribution >= 4 is 27.6 Å². The third kappa shape index (κ3) is 3.04. The van der Waals surface area contributed by atoms with Crippen LogP contribution in [0.25, 0.3) is 0 Å². The first kappa shape index (κ1) is 16.2. The molecule has 1 saturated heterocycles. The molecule has 2 unspecified atom stereocenters. The fourth-order valence-electron chi connectivity index (χ4n) is 2.40. The molecule has 8 heteroatoms. The zero-order valence-electron chi connectivity index (χ0n) is 11.5. The van der Waals surface area contributed by atoms with Crippen LogP contribution in [0.15, 0.2) is 23.1 Å². The van der Waals surface area contributed by atoms with Crippen molar-refractivity contribution in [3.8, 4) is 0 Å². The van der Waals surface area contributed by atoms with Crippen LogP contribution in [0.4, 0.5) is 4.39 Å². The van der Waals surface area contributed by atoms with Gasteiger partial charge < -0.3 is 4.74 Å². The van der Waals surface area contributed by atoms with E-state index in [0.717, 1.165) is 18.2 Å². The minimum Gasteiger partial charge on any atom is -0.469 e. The second-order valence-electron chi connectivity index (χ2n) is 5.00. The first-order chi connectivity index (χ1) is 9.77. The fraction of sp³-hybridized carbons (Fsp3) is 0.462. The van der Waals surface area contributed by atoms with E-state index in [9.17, 15) is 17.6 Å². The monoisotopic (exact) mass is 335 g/mol. The van der Waals surface area contributed by atoms with Gasteiger partial charge in [-0.3, -0.25) is 4.79 Å². The van der Waals surface area contributed by atoms with E-state index in [2.05, 4.69) is 4.74 Å². The van der Waals surface area contributed by atoms with Gasteiger partial charge in [-0.05, 0) is 24.1 Å². The van der Waals surface area contributed by atoms with Crippen molar-refractivity contribution in [1.82, 2.24) is 4.31 Å². The second-order valence-corrected chi connectivity index (χ2v) is 7.32. The molecule has 2 rings (SSSR count). The number of halogens is 2. The first-order valence-electron chi connectivity index (χ1n) is 6.30. The average molecular weight is 336 g/mol. The molecular weight excluding hydrogens is 321 g/mol. The van der Waals surface area contributed by atoms with Gasteiger partial charge in [-0.1, -0.05) is 18.5 Å². The number of benzene rings is 1. The van der Waals surface area contributed by atoms with Crippen LogP contribution in [0, 0.1) is 17.7 Å². The zero-order chi connectivity index (χ0) is 15.8. The van der Waals surface area contributed by atoms with E-state index < -0.39 is 27.7 Å². The van der Waals surface area contributed by atoms with Crippen molar-refractivity contribution in [2.45, 2.75) is 11.8 Å². The minimum atomic E-state index is -3.87. The van der Waals surface area contributed by atoms with E-state index in [4.69, 9.17) is 11.6 Å². The highest BCUT2D eigenvalue weighted by atomic mass is 35.5. The topological polar surface area (TPSA) is 63.7 Å². The summed E-state index contributed by atoms with van der Waals surface area (Å²) in [4.78, 5) is 11.5. The lowest BCUT2D eigenvalue weighted by molar-refractivity contribution is -0.145. The van der Waals surface area contributed by atoms with Gasteiger partial charge in [0.05, 0.1) is 18.1 Å². The Hall–Kier alpha value is -1.18. The summed E-state index contributed by atoms with van der Waals surface area (Å²) in [5.74, 6) is -1.72. The van der Waals surface area contributed by atoms with Crippen molar-refractivity contribution in [2.24, 2.45) is 11.8 Å². The fourth-order valence-corrected chi connectivity index (χ4v) is 4.47. The number of nitrogens with zero attached hydrogens (tertiary/aromatic N) is 1. The van der Waals surface area contributed by atoms with Gasteiger partial charge in [-0.25, -0.2) is 12.8 Å². The van der Waals surface area contributed by atoms with Gasteiger partial charge in [0.15, 0.2) is 0 Å². The lowest BCUT2D eigenvalue weighted by Gasteiger charge is -2.17. The number of ether oxygens (including phenoxy) is 1. The SMILES string of the molecule is COC(=O)C1CN(S(=O)(=O)c2ccc(F)cc2Cl)CC1C. The van der Waals surface area contributed by atoms with Gasteiger partial charge in [0.25, 0.3) is 0 Å². The molecule has 1 aromatic rings. The summed E-state index contributed by atoms with van der Waals surface area (Å²) < 4.78 is 44.0. The molecule has 1 aliphatic rings. The number of carbonyl (C=O) groups is 1. The highest BCUT2D eigenvalue weighted by Gasteiger charge is 2.41. The quantitative estimate of drug-likeness (QED) is 0.792. The van der Waals surface area contributed by atoms with Crippen molar-refractivity contribution in [3.05, 3.63) is 29.0 Å². The number of sulfonamides is 1. The summed E-state index contributed by atoms with van der Waals surface area (Å²) in [6.45, 7) is 2.00. The Morgan fingerprint density at radius 3 is 2.67 bits per heavy atom. The molecule has 1 aromatic carbocycles. The standard InChI is InChI=1S/C13H15ClFNO4S/c1-8-6-16(7-10(8)13(17)20-2)21(18,19)12-4-3-9(15)5-11(12)14/h3-5,8,10H,6-7H2,1-2H3. The average Bonchev–Trinajstić information content (AvgIpc) is 2.80. The molecule has 0 spiro atoms. The summed E-state index contributed by atoms with van der Waals surface area (Å²) in [5, 5.41) is -0.177. The number of carbonyl (C=O) groups excluding carboxylic acids is 1. The van der Waals surface area contributed by atoms with Crippen LogP contribution in [0.3, 0.4) is 0 Å². The zero-order valence-corrected chi connectivity index (χ0v) is 13.1. The van der Waals surface area contributed by atoms with E-state index >= 15 is 0 Å². The molecule has 0 N–H and O–H groups in total. The maximum atomic E-state index is 13.0. The van der Waals surface area contributed by atoms with Crippen molar-refractivity contribution in [3.63, 3.8) is 0 Å². The highest BCUT2D eigenvalue weighted by Crippen LogP contribution is 2.32. The Balaban J connectivity index is 2.31. The molecule has 0 aromatic heterocycles. The molecule has 1 heterocycles. The molecule has 116 valence electrons. The number of hydrogen-bond donors (Lipinski definition) is 0. The summed E-state index contributed by atoms with van der Waals surface area (Å²) in [5.41, 5.74) is 0. The Kier molecular flexibility index (Phi) is 4.55. The number of esters is 1. The van der Waals surface area contributed by atoms with Crippen LogP contribution in [-0.2, 0) is 19.6 Å². The summed E-state index contributed by atoms with van der Waals surface area (Å²) in [7, 11) is -2.60. The predicted octanol–water partition coefficient (Wildman–Crippen LogP) is 1.91. The normalized spacial score (nSPS) is 23.2. The molecule has 5 nitrogen and oxygen atoms in total. The largest absolute Gasteiger partial charge is 0.469 e.